The van der Waals surface area contributed by atoms with Crippen LogP contribution >= 0.6 is 0 Å². The van der Waals surface area contributed by atoms with Crippen molar-refractivity contribution in [3.05, 3.63) is 76.9 Å². The van der Waals surface area contributed by atoms with Gasteiger partial charge >= 0.3 is 0 Å². The minimum Gasteiger partial charge on any atom is -0.271 e. The molecular formula is C18H14N2. The number of pyridine rings is 1. The molecule has 1 atom stereocenters. The number of hydrogen-bond acceptors (Lipinski definition) is 2. The van der Waals surface area contributed by atoms with Crippen molar-refractivity contribution in [1.29, 1.82) is 0 Å². The summed E-state index contributed by atoms with van der Waals surface area (Å²) in [5, 5.41) is 3.46. The van der Waals surface area contributed by atoms with E-state index in [-0.39, 0.29) is 6.04 Å². The molecule has 0 saturated heterocycles. The summed E-state index contributed by atoms with van der Waals surface area (Å²) >= 11 is 0. The third-order valence-electron chi connectivity index (χ3n) is 3.94. The summed E-state index contributed by atoms with van der Waals surface area (Å²) in [4.78, 5) is 9.36. The molecule has 0 radical (unpaired) electrons. The number of hydrogen-bond donors (Lipinski definition) is 0. The van der Waals surface area contributed by atoms with Gasteiger partial charge < -0.3 is 0 Å². The fraction of sp³-hybridized carbons (Fsp3) is 0.111. The minimum atomic E-state index is 0.124. The molecule has 20 heavy (non-hydrogen) atoms. The van der Waals surface area contributed by atoms with Crippen LogP contribution in [0.4, 0.5) is 0 Å². The summed E-state index contributed by atoms with van der Waals surface area (Å²) in [6.07, 6.45) is 1.89. The zero-order chi connectivity index (χ0) is 13.5. The van der Waals surface area contributed by atoms with Gasteiger partial charge in [-0.05, 0) is 24.1 Å². The number of para-hydroxylation sites is 1. The Kier molecular flexibility index (Phi) is 2.43. The molecule has 0 N–H and O–H groups in total. The molecule has 0 aliphatic carbocycles. The highest BCUT2D eigenvalue weighted by Gasteiger charge is 2.19. The van der Waals surface area contributed by atoms with Crippen LogP contribution in [-0.2, 0) is 0 Å². The first-order valence-corrected chi connectivity index (χ1v) is 6.82. The van der Waals surface area contributed by atoms with E-state index in [1.165, 1.54) is 21.7 Å². The molecule has 0 spiro atoms. The first kappa shape index (κ1) is 11.4. The Labute approximate surface area is 117 Å². The fourth-order valence-electron chi connectivity index (χ4n) is 2.98. The van der Waals surface area contributed by atoms with Crippen molar-refractivity contribution in [2.75, 3.05) is 0 Å². The number of rotatable bonds is 1. The van der Waals surface area contributed by atoms with Crippen LogP contribution < -0.4 is 10.6 Å². The Morgan fingerprint density at radius 1 is 0.900 bits per heavy atom. The second-order valence-electron chi connectivity index (χ2n) is 5.16. The standard InChI is InChI=1S/C18H14N2/c1-12-17-14-9-5-6-10-15(14)19-11-16(17)20-18(12)13-7-3-2-4-8-13/h2-11,18H,1H3. The topological polar surface area (TPSA) is 25.2 Å². The maximum Gasteiger partial charge on any atom is 0.0974 e. The van der Waals surface area contributed by atoms with Gasteiger partial charge in [-0.1, -0.05) is 48.5 Å². The summed E-state index contributed by atoms with van der Waals surface area (Å²) < 4.78 is 0. The van der Waals surface area contributed by atoms with E-state index in [0.29, 0.717) is 0 Å². The van der Waals surface area contributed by atoms with E-state index in [4.69, 9.17) is 4.99 Å². The summed E-state index contributed by atoms with van der Waals surface area (Å²) in [5.41, 5.74) is 3.59. The van der Waals surface area contributed by atoms with Gasteiger partial charge in [0.2, 0.25) is 0 Å². The monoisotopic (exact) mass is 258 g/mol. The predicted molar refractivity (Wildman–Crippen MR) is 80.8 cm³/mol. The van der Waals surface area contributed by atoms with E-state index < -0.39 is 0 Å². The van der Waals surface area contributed by atoms with E-state index in [1.54, 1.807) is 0 Å². The lowest BCUT2D eigenvalue weighted by atomic mass is 9.99. The second-order valence-corrected chi connectivity index (χ2v) is 5.16. The zero-order valence-electron chi connectivity index (χ0n) is 11.2. The number of fused-ring (bicyclic) bond motifs is 3. The third kappa shape index (κ3) is 1.58. The molecule has 1 unspecified atom stereocenters. The van der Waals surface area contributed by atoms with Gasteiger partial charge in [0.25, 0.3) is 0 Å². The Hall–Kier alpha value is -2.48. The molecule has 2 heterocycles. The third-order valence-corrected chi connectivity index (χ3v) is 3.94. The van der Waals surface area contributed by atoms with Gasteiger partial charge in [-0.3, -0.25) is 9.98 Å². The first-order chi connectivity index (χ1) is 9.84. The molecule has 0 saturated carbocycles. The molecule has 1 aliphatic heterocycles. The maximum atomic E-state index is 4.85. The smallest absolute Gasteiger partial charge is 0.0974 e. The van der Waals surface area contributed by atoms with Crippen LogP contribution in [0.1, 0.15) is 18.5 Å². The summed E-state index contributed by atoms with van der Waals surface area (Å²) in [5.74, 6) is 0. The highest BCUT2D eigenvalue weighted by Crippen LogP contribution is 2.27. The second kappa shape index (κ2) is 4.27. The largest absolute Gasteiger partial charge is 0.271 e. The molecule has 2 heteroatoms. The molecule has 1 aliphatic rings. The van der Waals surface area contributed by atoms with Crippen molar-refractivity contribution in [3.8, 4) is 0 Å². The quantitative estimate of drug-likeness (QED) is 0.659. The zero-order valence-corrected chi connectivity index (χ0v) is 11.2. The van der Waals surface area contributed by atoms with E-state index in [9.17, 15) is 0 Å². The van der Waals surface area contributed by atoms with Crippen molar-refractivity contribution < 1.29 is 0 Å². The van der Waals surface area contributed by atoms with E-state index in [1.807, 2.05) is 18.3 Å². The van der Waals surface area contributed by atoms with Gasteiger partial charge in [0.15, 0.2) is 0 Å². The van der Waals surface area contributed by atoms with Crippen molar-refractivity contribution in [3.63, 3.8) is 0 Å². The van der Waals surface area contributed by atoms with Crippen LogP contribution in [0.15, 0.2) is 65.8 Å². The molecule has 0 amide bonds. The van der Waals surface area contributed by atoms with Gasteiger partial charge in [-0.15, -0.1) is 0 Å². The molecule has 3 aromatic rings. The molecule has 0 fully saturated rings. The molecule has 1 aromatic heterocycles. The molecule has 2 nitrogen and oxygen atoms in total. The van der Waals surface area contributed by atoms with Crippen LogP contribution in [-0.4, -0.2) is 4.98 Å². The van der Waals surface area contributed by atoms with E-state index in [0.717, 1.165) is 10.9 Å². The lowest BCUT2D eigenvalue weighted by Gasteiger charge is -2.09. The van der Waals surface area contributed by atoms with Gasteiger partial charge in [0, 0.05) is 10.6 Å². The van der Waals surface area contributed by atoms with Crippen molar-refractivity contribution in [1.82, 2.24) is 4.98 Å². The Balaban J connectivity index is 2.06. The number of benzene rings is 2. The number of nitrogens with zero attached hydrogens (tertiary/aromatic N) is 2. The predicted octanol–water partition coefficient (Wildman–Crippen LogP) is 2.78. The Bertz CT molecular complexity index is 911. The highest BCUT2D eigenvalue weighted by atomic mass is 14.8. The van der Waals surface area contributed by atoms with Gasteiger partial charge in [0.05, 0.1) is 23.1 Å². The minimum absolute atomic E-state index is 0.124. The SMILES string of the molecule is CC1=c2c(cnc3ccccc23)=NC1c1ccccc1. The van der Waals surface area contributed by atoms with Crippen molar-refractivity contribution >= 4 is 16.5 Å². The fourth-order valence-corrected chi connectivity index (χ4v) is 2.98. The summed E-state index contributed by atoms with van der Waals surface area (Å²) in [7, 11) is 0. The Morgan fingerprint density at radius 3 is 2.50 bits per heavy atom. The van der Waals surface area contributed by atoms with Gasteiger partial charge in [-0.25, -0.2) is 0 Å². The average molecular weight is 258 g/mol. The Morgan fingerprint density at radius 2 is 1.65 bits per heavy atom. The summed E-state index contributed by atoms with van der Waals surface area (Å²) in [6, 6.07) is 18.8. The molecule has 2 aromatic carbocycles. The van der Waals surface area contributed by atoms with E-state index in [2.05, 4.69) is 54.4 Å². The lowest BCUT2D eigenvalue weighted by Crippen LogP contribution is -2.24. The number of aromatic nitrogens is 1. The highest BCUT2D eigenvalue weighted by molar-refractivity contribution is 5.82. The average Bonchev–Trinajstić information content (AvgIpc) is 2.86. The van der Waals surface area contributed by atoms with E-state index >= 15 is 0 Å². The lowest BCUT2D eigenvalue weighted by molar-refractivity contribution is 0.911. The molecule has 4 rings (SSSR count). The first-order valence-electron chi connectivity index (χ1n) is 6.82. The van der Waals surface area contributed by atoms with Gasteiger partial charge in [0.1, 0.15) is 0 Å². The summed E-state index contributed by atoms with van der Waals surface area (Å²) in [6.45, 7) is 2.18. The van der Waals surface area contributed by atoms with Crippen LogP contribution in [0.3, 0.4) is 0 Å². The molecule has 0 bridgehead atoms. The van der Waals surface area contributed by atoms with Crippen LogP contribution in [0.2, 0.25) is 0 Å². The van der Waals surface area contributed by atoms with Crippen molar-refractivity contribution in [2.45, 2.75) is 13.0 Å². The van der Waals surface area contributed by atoms with Crippen molar-refractivity contribution in [2.24, 2.45) is 4.99 Å². The van der Waals surface area contributed by atoms with Crippen LogP contribution in [0.5, 0.6) is 0 Å². The molecule has 96 valence electrons. The maximum absolute atomic E-state index is 4.85. The normalized spacial score (nSPS) is 17.1. The molecular weight excluding hydrogens is 244 g/mol. The van der Waals surface area contributed by atoms with Crippen LogP contribution in [0.25, 0.3) is 16.5 Å². The van der Waals surface area contributed by atoms with Crippen LogP contribution in [0, 0.1) is 0 Å². The van der Waals surface area contributed by atoms with Gasteiger partial charge in [-0.2, -0.15) is 0 Å².